The van der Waals surface area contributed by atoms with Gasteiger partial charge < -0.3 is 9.88 Å². The highest BCUT2D eigenvalue weighted by molar-refractivity contribution is 6.23. The molecule has 0 aliphatic carbocycles. The Labute approximate surface area is 199 Å². The maximum absolute atomic E-state index is 14.0. The molecule has 170 valence electrons. The molecule has 5 nitrogen and oxygen atoms in total. The molecular formula is C29H27N3O2. The zero-order chi connectivity index (χ0) is 23.6. The number of hydrogen-bond donors (Lipinski definition) is 1. The van der Waals surface area contributed by atoms with Crippen molar-refractivity contribution >= 4 is 28.5 Å². The fraction of sp³-hybridized carbons (Fsp3) is 0.241. The molecule has 3 aromatic carbocycles. The van der Waals surface area contributed by atoms with Crippen molar-refractivity contribution in [2.45, 2.75) is 38.6 Å². The molecule has 6 rings (SSSR count). The third kappa shape index (κ3) is 2.73. The SMILES string of the molecule is CCc1ccc([C@H]2CN3C(=O)N(c4ccc(C)cc4)C(=O)[C@]3(C)c3[nH]c4ccccc4c32)cc1. The molecule has 0 spiro atoms. The molecule has 0 saturated carbocycles. The van der Waals surface area contributed by atoms with E-state index in [2.05, 4.69) is 42.2 Å². The third-order valence-corrected chi connectivity index (χ3v) is 7.61. The summed E-state index contributed by atoms with van der Waals surface area (Å²) in [5.74, 6) is -0.242. The first kappa shape index (κ1) is 20.7. The lowest BCUT2D eigenvalue weighted by Gasteiger charge is -2.40. The summed E-state index contributed by atoms with van der Waals surface area (Å²) in [5, 5.41) is 1.11. The fourth-order valence-corrected chi connectivity index (χ4v) is 5.60. The van der Waals surface area contributed by atoms with Gasteiger partial charge in [-0.25, -0.2) is 9.69 Å². The van der Waals surface area contributed by atoms with Crippen LogP contribution in [0, 0.1) is 6.92 Å². The molecule has 2 aliphatic rings. The van der Waals surface area contributed by atoms with Crippen LogP contribution >= 0.6 is 0 Å². The summed E-state index contributed by atoms with van der Waals surface area (Å²) in [4.78, 5) is 34.4. The predicted molar refractivity (Wildman–Crippen MR) is 134 cm³/mol. The second-order valence-electron chi connectivity index (χ2n) is 9.55. The fourth-order valence-electron chi connectivity index (χ4n) is 5.60. The van der Waals surface area contributed by atoms with E-state index < -0.39 is 5.54 Å². The highest BCUT2D eigenvalue weighted by atomic mass is 16.2. The number of aromatic amines is 1. The zero-order valence-electron chi connectivity index (χ0n) is 19.6. The molecule has 1 saturated heterocycles. The van der Waals surface area contributed by atoms with Crippen LogP contribution in [0.15, 0.2) is 72.8 Å². The summed E-state index contributed by atoms with van der Waals surface area (Å²) in [6.07, 6.45) is 0.978. The maximum Gasteiger partial charge on any atom is 0.332 e. The predicted octanol–water partition coefficient (Wildman–Crippen LogP) is 5.87. The first-order chi connectivity index (χ1) is 16.4. The summed E-state index contributed by atoms with van der Waals surface area (Å²) < 4.78 is 0. The quantitative estimate of drug-likeness (QED) is 0.398. The van der Waals surface area contributed by atoms with E-state index in [1.54, 1.807) is 4.90 Å². The third-order valence-electron chi connectivity index (χ3n) is 7.61. The number of aryl methyl sites for hydroxylation is 2. The van der Waals surface area contributed by atoms with Gasteiger partial charge in [-0.05, 0) is 55.2 Å². The molecule has 1 aromatic heterocycles. The van der Waals surface area contributed by atoms with Gasteiger partial charge in [-0.15, -0.1) is 0 Å². The Balaban J connectivity index is 1.56. The normalized spacial score (nSPS) is 21.8. The number of urea groups is 1. The molecule has 0 unspecified atom stereocenters. The average molecular weight is 450 g/mol. The van der Waals surface area contributed by atoms with Crippen LogP contribution < -0.4 is 4.90 Å². The highest BCUT2D eigenvalue weighted by Crippen LogP contribution is 2.50. The van der Waals surface area contributed by atoms with Crippen LogP contribution in [0.4, 0.5) is 10.5 Å². The largest absolute Gasteiger partial charge is 0.356 e. The Bertz CT molecular complexity index is 1430. The molecule has 0 radical (unpaired) electrons. The number of amides is 3. The Morgan fingerprint density at radius 3 is 2.38 bits per heavy atom. The van der Waals surface area contributed by atoms with Crippen molar-refractivity contribution in [3.63, 3.8) is 0 Å². The summed E-state index contributed by atoms with van der Waals surface area (Å²) >= 11 is 0. The lowest BCUT2D eigenvalue weighted by atomic mass is 9.78. The number of hydrogen-bond acceptors (Lipinski definition) is 2. The topological polar surface area (TPSA) is 56.4 Å². The molecule has 1 fully saturated rings. The number of aromatic nitrogens is 1. The molecule has 2 atom stereocenters. The minimum atomic E-state index is -1.09. The minimum Gasteiger partial charge on any atom is -0.356 e. The van der Waals surface area contributed by atoms with Crippen molar-refractivity contribution in [1.82, 2.24) is 9.88 Å². The van der Waals surface area contributed by atoms with Crippen LogP contribution in [-0.4, -0.2) is 28.4 Å². The standard InChI is InChI=1S/C29H27N3O2/c1-4-19-11-13-20(14-12-19)23-17-31-28(34)32(21-15-9-18(2)10-16-21)27(33)29(31,3)26-25(23)22-7-5-6-8-24(22)30-26/h5-16,23,30H,4,17H2,1-3H3/t23-,29+/m1/s1. The molecule has 0 bridgehead atoms. The number of nitrogens with one attached hydrogen (secondary N) is 1. The first-order valence-corrected chi connectivity index (χ1v) is 11.9. The number of fused-ring (bicyclic) bond motifs is 5. The molecule has 2 aliphatic heterocycles. The highest BCUT2D eigenvalue weighted by Gasteiger charge is 2.60. The monoisotopic (exact) mass is 449 g/mol. The second-order valence-corrected chi connectivity index (χ2v) is 9.55. The number of benzene rings is 3. The van der Waals surface area contributed by atoms with Gasteiger partial charge in [0.2, 0.25) is 0 Å². The van der Waals surface area contributed by atoms with Gasteiger partial charge in [0.15, 0.2) is 5.54 Å². The van der Waals surface area contributed by atoms with E-state index in [9.17, 15) is 9.59 Å². The number of carbonyl (C=O) groups is 2. The van der Waals surface area contributed by atoms with Crippen LogP contribution in [0.3, 0.4) is 0 Å². The van der Waals surface area contributed by atoms with E-state index >= 15 is 0 Å². The summed E-state index contributed by atoms with van der Waals surface area (Å²) in [6.45, 7) is 6.47. The van der Waals surface area contributed by atoms with Gasteiger partial charge >= 0.3 is 6.03 Å². The molecule has 3 heterocycles. The van der Waals surface area contributed by atoms with E-state index in [0.29, 0.717) is 12.2 Å². The van der Waals surface area contributed by atoms with E-state index in [-0.39, 0.29) is 17.9 Å². The smallest absolute Gasteiger partial charge is 0.332 e. The van der Waals surface area contributed by atoms with Gasteiger partial charge in [0.25, 0.3) is 5.91 Å². The summed E-state index contributed by atoms with van der Waals surface area (Å²) in [7, 11) is 0. The van der Waals surface area contributed by atoms with Crippen molar-refractivity contribution in [3.8, 4) is 0 Å². The molecule has 34 heavy (non-hydrogen) atoms. The Morgan fingerprint density at radius 1 is 0.971 bits per heavy atom. The van der Waals surface area contributed by atoms with Crippen LogP contribution in [0.1, 0.15) is 47.7 Å². The number of rotatable bonds is 3. The summed E-state index contributed by atoms with van der Waals surface area (Å²) in [5.41, 5.74) is 5.96. The second kappa shape index (κ2) is 7.32. The van der Waals surface area contributed by atoms with Gasteiger partial charge in [0, 0.05) is 23.4 Å². The molecule has 5 heteroatoms. The number of imide groups is 1. The lowest BCUT2D eigenvalue weighted by molar-refractivity contribution is -0.125. The van der Waals surface area contributed by atoms with Crippen molar-refractivity contribution in [2.75, 3.05) is 11.4 Å². The minimum absolute atomic E-state index is 0.0279. The van der Waals surface area contributed by atoms with Crippen molar-refractivity contribution in [1.29, 1.82) is 0 Å². The Hall–Kier alpha value is -3.86. The number of para-hydroxylation sites is 1. The van der Waals surface area contributed by atoms with Crippen LogP contribution in [-0.2, 0) is 16.8 Å². The summed E-state index contributed by atoms with van der Waals surface area (Å²) in [6, 6.07) is 24.1. The molecule has 3 amide bonds. The van der Waals surface area contributed by atoms with Crippen LogP contribution in [0.25, 0.3) is 10.9 Å². The zero-order valence-corrected chi connectivity index (χ0v) is 19.6. The molecule has 4 aromatic rings. The molecular weight excluding hydrogens is 422 g/mol. The van der Waals surface area contributed by atoms with Crippen molar-refractivity contribution < 1.29 is 9.59 Å². The van der Waals surface area contributed by atoms with E-state index in [0.717, 1.165) is 39.7 Å². The maximum atomic E-state index is 14.0. The van der Waals surface area contributed by atoms with E-state index in [1.165, 1.54) is 10.5 Å². The first-order valence-electron chi connectivity index (χ1n) is 11.9. The van der Waals surface area contributed by atoms with Gasteiger partial charge in [-0.1, -0.05) is 67.1 Å². The Morgan fingerprint density at radius 2 is 1.68 bits per heavy atom. The number of nitrogens with zero attached hydrogens (tertiary/aromatic N) is 2. The van der Waals surface area contributed by atoms with E-state index in [1.807, 2.05) is 56.3 Å². The van der Waals surface area contributed by atoms with Crippen LogP contribution in [0.2, 0.25) is 0 Å². The Kier molecular flexibility index (Phi) is 4.46. The number of carbonyl (C=O) groups excluding carboxylic acids is 2. The van der Waals surface area contributed by atoms with E-state index in [4.69, 9.17) is 0 Å². The lowest BCUT2D eigenvalue weighted by Crippen LogP contribution is -2.50. The number of anilines is 1. The molecule has 1 N–H and O–H groups in total. The average Bonchev–Trinajstić information content (AvgIpc) is 3.34. The van der Waals surface area contributed by atoms with Gasteiger partial charge in [-0.3, -0.25) is 4.79 Å². The van der Waals surface area contributed by atoms with Gasteiger partial charge in [-0.2, -0.15) is 0 Å². The van der Waals surface area contributed by atoms with Gasteiger partial charge in [0.1, 0.15) is 0 Å². The van der Waals surface area contributed by atoms with Gasteiger partial charge in [0.05, 0.1) is 11.4 Å². The van der Waals surface area contributed by atoms with Crippen LogP contribution in [0.5, 0.6) is 0 Å². The van der Waals surface area contributed by atoms with Crippen molar-refractivity contribution in [2.24, 2.45) is 0 Å². The number of H-pyrrole nitrogens is 1. The van der Waals surface area contributed by atoms with Crippen molar-refractivity contribution in [3.05, 3.63) is 101 Å².